The van der Waals surface area contributed by atoms with Gasteiger partial charge in [0.05, 0.1) is 12.2 Å². The second-order valence-electron chi connectivity index (χ2n) is 4.92. The number of rotatable bonds is 5. The zero-order valence-electron chi connectivity index (χ0n) is 13.2. The summed E-state index contributed by atoms with van der Waals surface area (Å²) in [5.74, 6) is 1.36. The van der Waals surface area contributed by atoms with Gasteiger partial charge in [-0.1, -0.05) is 18.2 Å². The summed E-state index contributed by atoms with van der Waals surface area (Å²) in [6, 6.07) is 11.9. The van der Waals surface area contributed by atoms with Gasteiger partial charge in [-0.05, 0) is 34.5 Å². The van der Waals surface area contributed by atoms with Crippen LogP contribution in [0.5, 0.6) is 0 Å². The standard InChI is InChI=1S/C17H18N4OS.HI/c1-18-17(19-9-13-7-8-23-12-13)20-10-15-11-22-16(21-15)14-5-3-2-4-6-14;/h2-8,11-12H,9-10H2,1H3,(H2,18,19,20);1H. The molecule has 2 N–H and O–H groups in total. The van der Waals surface area contributed by atoms with Crippen molar-refractivity contribution in [3.63, 3.8) is 0 Å². The molecule has 0 spiro atoms. The molecule has 0 atom stereocenters. The fraction of sp³-hybridized carbons (Fsp3) is 0.176. The zero-order chi connectivity index (χ0) is 15.9. The van der Waals surface area contributed by atoms with E-state index in [4.69, 9.17) is 4.42 Å². The van der Waals surface area contributed by atoms with Crippen LogP contribution in [0.25, 0.3) is 11.5 Å². The fourth-order valence-corrected chi connectivity index (χ4v) is 2.74. The van der Waals surface area contributed by atoms with Crippen molar-refractivity contribution < 1.29 is 4.42 Å². The molecule has 0 bridgehead atoms. The molecule has 2 heterocycles. The van der Waals surface area contributed by atoms with Crippen molar-refractivity contribution in [2.75, 3.05) is 7.05 Å². The van der Waals surface area contributed by atoms with Gasteiger partial charge >= 0.3 is 0 Å². The number of hydrogen-bond donors (Lipinski definition) is 2. The van der Waals surface area contributed by atoms with Gasteiger partial charge in [0.1, 0.15) is 6.26 Å². The smallest absolute Gasteiger partial charge is 0.226 e. The van der Waals surface area contributed by atoms with E-state index in [9.17, 15) is 0 Å². The first-order valence-electron chi connectivity index (χ1n) is 7.30. The molecule has 0 aliphatic carbocycles. The molecule has 7 heteroatoms. The summed E-state index contributed by atoms with van der Waals surface area (Å²) in [6.45, 7) is 1.30. The summed E-state index contributed by atoms with van der Waals surface area (Å²) < 4.78 is 5.53. The van der Waals surface area contributed by atoms with Gasteiger partial charge in [-0.15, -0.1) is 24.0 Å². The van der Waals surface area contributed by atoms with Gasteiger partial charge in [-0.3, -0.25) is 4.99 Å². The van der Waals surface area contributed by atoms with Crippen LogP contribution < -0.4 is 10.6 Å². The van der Waals surface area contributed by atoms with E-state index in [0.29, 0.717) is 12.4 Å². The Morgan fingerprint density at radius 3 is 2.67 bits per heavy atom. The van der Waals surface area contributed by atoms with Gasteiger partial charge in [0.15, 0.2) is 5.96 Å². The molecular weight excluding hydrogens is 435 g/mol. The van der Waals surface area contributed by atoms with Gasteiger partial charge in [0, 0.05) is 19.2 Å². The Kier molecular flexibility index (Phi) is 7.26. The predicted molar refractivity (Wildman–Crippen MR) is 109 cm³/mol. The van der Waals surface area contributed by atoms with Crippen LogP contribution in [0.2, 0.25) is 0 Å². The number of benzene rings is 1. The lowest BCUT2D eigenvalue weighted by Gasteiger charge is -2.09. The Labute approximate surface area is 162 Å². The van der Waals surface area contributed by atoms with Crippen molar-refractivity contribution >= 4 is 41.3 Å². The number of thiophene rings is 1. The van der Waals surface area contributed by atoms with E-state index in [1.54, 1.807) is 24.6 Å². The van der Waals surface area contributed by atoms with E-state index in [1.807, 2.05) is 30.3 Å². The number of nitrogens with one attached hydrogen (secondary N) is 2. The third kappa shape index (κ3) is 5.07. The maximum atomic E-state index is 5.53. The van der Waals surface area contributed by atoms with Gasteiger partial charge < -0.3 is 15.1 Å². The van der Waals surface area contributed by atoms with E-state index >= 15 is 0 Å². The minimum Gasteiger partial charge on any atom is -0.444 e. The molecule has 126 valence electrons. The highest BCUT2D eigenvalue weighted by Crippen LogP contribution is 2.17. The third-order valence-electron chi connectivity index (χ3n) is 3.27. The highest BCUT2D eigenvalue weighted by Gasteiger charge is 2.07. The quantitative estimate of drug-likeness (QED) is 0.349. The van der Waals surface area contributed by atoms with Crippen LogP contribution >= 0.6 is 35.3 Å². The van der Waals surface area contributed by atoms with Crippen molar-refractivity contribution in [2.45, 2.75) is 13.1 Å². The maximum Gasteiger partial charge on any atom is 0.226 e. The van der Waals surface area contributed by atoms with Gasteiger partial charge in [-0.25, -0.2) is 4.98 Å². The largest absolute Gasteiger partial charge is 0.444 e. The molecule has 0 fully saturated rings. The molecule has 5 nitrogen and oxygen atoms in total. The third-order valence-corrected chi connectivity index (χ3v) is 4.01. The van der Waals surface area contributed by atoms with Crippen LogP contribution in [0.4, 0.5) is 0 Å². The Morgan fingerprint density at radius 2 is 1.96 bits per heavy atom. The SMILES string of the molecule is CN=C(NCc1ccsc1)NCc1coc(-c2ccccc2)n1.I. The van der Waals surface area contributed by atoms with Gasteiger partial charge in [0.25, 0.3) is 0 Å². The lowest BCUT2D eigenvalue weighted by atomic mass is 10.2. The van der Waals surface area contributed by atoms with E-state index < -0.39 is 0 Å². The molecule has 24 heavy (non-hydrogen) atoms. The number of nitrogens with zero attached hydrogens (tertiary/aromatic N) is 2. The Balaban J connectivity index is 0.00000208. The highest BCUT2D eigenvalue weighted by atomic mass is 127. The average Bonchev–Trinajstić information content (AvgIpc) is 3.27. The zero-order valence-corrected chi connectivity index (χ0v) is 16.4. The first-order chi connectivity index (χ1) is 11.3. The Hall–Kier alpha value is -1.87. The molecule has 3 rings (SSSR count). The summed E-state index contributed by atoms with van der Waals surface area (Å²) in [5.41, 5.74) is 3.05. The lowest BCUT2D eigenvalue weighted by molar-refractivity contribution is 0.572. The molecular formula is C17H19IN4OS. The summed E-state index contributed by atoms with van der Waals surface area (Å²) >= 11 is 1.69. The molecule has 3 aromatic rings. The van der Waals surface area contributed by atoms with Crippen LogP contribution in [-0.2, 0) is 13.1 Å². The van der Waals surface area contributed by atoms with Crippen molar-refractivity contribution in [3.8, 4) is 11.5 Å². The van der Waals surface area contributed by atoms with Crippen LogP contribution in [-0.4, -0.2) is 18.0 Å². The van der Waals surface area contributed by atoms with E-state index in [0.717, 1.165) is 23.8 Å². The maximum absolute atomic E-state index is 5.53. The topological polar surface area (TPSA) is 62.5 Å². The number of aliphatic imine (C=N–C) groups is 1. The monoisotopic (exact) mass is 454 g/mol. The van der Waals surface area contributed by atoms with Crippen molar-refractivity contribution in [1.82, 2.24) is 15.6 Å². The van der Waals surface area contributed by atoms with Crippen LogP contribution in [0.1, 0.15) is 11.3 Å². The average molecular weight is 454 g/mol. The number of aromatic nitrogens is 1. The van der Waals surface area contributed by atoms with Crippen LogP contribution in [0.3, 0.4) is 0 Å². The molecule has 0 amide bonds. The summed E-state index contributed by atoms with van der Waals surface area (Å²) in [7, 11) is 1.75. The molecule has 0 saturated carbocycles. The van der Waals surface area contributed by atoms with Crippen LogP contribution in [0.15, 0.2) is 62.8 Å². The lowest BCUT2D eigenvalue weighted by Crippen LogP contribution is -2.36. The predicted octanol–water partition coefficient (Wildman–Crippen LogP) is 3.89. The van der Waals surface area contributed by atoms with Crippen molar-refractivity contribution in [2.24, 2.45) is 4.99 Å². The molecule has 0 radical (unpaired) electrons. The molecule has 2 aromatic heterocycles. The first-order valence-corrected chi connectivity index (χ1v) is 8.25. The summed E-state index contributed by atoms with van der Waals surface area (Å²) in [5, 5.41) is 10.7. The molecule has 0 aliphatic rings. The Bertz CT molecular complexity index is 756. The van der Waals surface area contributed by atoms with E-state index in [1.165, 1.54) is 5.56 Å². The normalized spacial score (nSPS) is 11.0. The molecule has 1 aromatic carbocycles. The summed E-state index contributed by atoms with van der Waals surface area (Å²) in [6.07, 6.45) is 1.67. The van der Waals surface area contributed by atoms with E-state index in [2.05, 4.69) is 37.4 Å². The van der Waals surface area contributed by atoms with Crippen molar-refractivity contribution in [1.29, 1.82) is 0 Å². The van der Waals surface area contributed by atoms with Crippen LogP contribution in [0, 0.1) is 0 Å². The second kappa shape index (κ2) is 9.43. The van der Waals surface area contributed by atoms with Gasteiger partial charge in [-0.2, -0.15) is 11.3 Å². The van der Waals surface area contributed by atoms with Crippen molar-refractivity contribution in [3.05, 3.63) is 64.7 Å². The molecule has 0 saturated heterocycles. The minimum absolute atomic E-state index is 0. The number of hydrogen-bond acceptors (Lipinski definition) is 4. The van der Waals surface area contributed by atoms with E-state index in [-0.39, 0.29) is 24.0 Å². The summed E-state index contributed by atoms with van der Waals surface area (Å²) in [4.78, 5) is 8.69. The second-order valence-corrected chi connectivity index (χ2v) is 5.70. The fourth-order valence-electron chi connectivity index (χ4n) is 2.08. The number of halogens is 1. The minimum atomic E-state index is 0. The highest BCUT2D eigenvalue weighted by molar-refractivity contribution is 14.0. The molecule has 0 unspecified atom stereocenters. The molecule has 0 aliphatic heterocycles. The number of guanidine groups is 1. The Morgan fingerprint density at radius 1 is 1.17 bits per heavy atom. The first kappa shape index (κ1) is 18.5. The number of oxazole rings is 1. The van der Waals surface area contributed by atoms with Gasteiger partial charge in [0.2, 0.25) is 5.89 Å².